The number of carbonyl (C=O) groups excluding carboxylic acids is 4. The Labute approximate surface area is 374 Å². The highest BCUT2D eigenvalue weighted by Gasteiger charge is 2.53. The summed E-state index contributed by atoms with van der Waals surface area (Å²) in [4.78, 5) is 49.2. The van der Waals surface area contributed by atoms with Crippen LogP contribution in [0.25, 0.3) is 12.2 Å². The molecule has 2 saturated carbocycles. The minimum atomic E-state index is -1.86. The maximum Gasteiger partial charge on any atom is 0.257 e. The number of phenolic OH excluding ortho intramolecular Hbond substituents is 2. The zero-order valence-electron chi connectivity index (χ0n) is 37.2. The van der Waals surface area contributed by atoms with Gasteiger partial charge in [0.1, 0.15) is 23.1 Å². The third kappa shape index (κ3) is 8.43. The lowest BCUT2D eigenvalue weighted by Crippen LogP contribution is -2.52. The van der Waals surface area contributed by atoms with Gasteiger partial charge in [-0.25, -0.2) is 0 Å². The summed E-state index contributed by atoms with van der Waals surface area (Å²) in [5.74, 6) is -0.590. The van der Waals surface area contributed by atoms with Crippen LogP contribution in [0.2, 0.25) is 0 Å². The van der Waals surface area contributed by atoms with Gasteiger partial charge < -0.3 is 40.5 Å². The Kier molecular flexibility index (Phi) is 12.9. The molecule has 12 nitrogen and oxygen atoms in total. The van der Waals surface area contributed by atoms with Crippen molar-refractivity contribution in [1.29, 1.82) is 0 Å². The number of nitrogens with one attached hydrogen (secondary N) is 2. The highest BCUT2D eigenvalue weighted by molar-refractivity contribution is 6.01. The van der Waals surface area contributed by atoms with Gasteiger partial charge in [0.25, 0.3) is 11.8 Å². The average Bonchev–Trinajstić information content (AvgIpc) is 3.27. The number of aliphatic hydroxyl groups is 2. The van der Waals surface area contributed by atoms with E-state index in [9.17, 15) is 39.6 Å². The van der Waals surface area contributed by atoms with Gasteiger partial charge in [-0.3, -0.25) is 19.2 Å². The van der Waals surface area contributed by atoms with E-state index in [2.05, 4.69) is 24.5 Å². The van der Waals surface area contributed by atoms with E-state index in [1.165, 1.54) is 14.2 Å². The minimum Gasteiger partial charge on any atom is -0.507 e. The van der Waals surface area contributed by atoms with Gasteiger partial charge in [0.15, 0.2) is 23.4 Å². The number of phenols is 2. The molecule has 336 valence electrons. The zero-order valence-corrected chi connectivity index (χ0v) is 37.2. The fourth-order valence-electron chi connectivity index (χ4n) is 10.1. The van der Waals surface area contributed by atoms with Gasteiger partial charge in [-0.05, 0) is 71.9 Å². The molecule has 12 heteroatoms. The van der Waals surface area contributed by atoms with E-state index in [0.717, 1.165) is 25.7 Å². The van der Waals surface area contributed by atoms with E-state index < -0.39 is 35.2 Å². The first-order chi connectivity index (χ1) is 30.4. The number of Topliss-reactive ketones (excluding diaryl/α,β-unsaturated/α-hetero) is 2. The monoisotopic (exact) mass is 870 g/mol. The normalized spacial score (nSPS) is 30.2. The number of ether oxygens (including phenoxy) is 2. The van der Waals surface area contributed by atoms with Crippen molar-refractivity contribution in [2.45, 2.75) is 89.6 Å². The molecule has 4 aromatic carbocycles. The topological polar surface area (TPSA) is 192 Å². The number of allylic oxidation sites excluding steroid dienone is 2. The predicted octanol–water partition coefficient (Wildman–Crippen LogP) is 8.01. The smallest absolute Gasteiger partial charge is 0.257 e. The maximum absolute atomic E-state index is 12.7. The number of amides is 2. The molecule has 2 heterocycles. The number of aromatic hydroxyl groups is 2. The molecule has 2 amide bonds. The summed E-state index contributed by atoms with van der Waals surface area (Å²) in [7, 11) is 2.71. The van der Waals surface area contributed by atoms with Gasteiger partial charge in [0.05, 0.1) is 22.5 Å². The first kappa shape index (κ1) is 46.1. The van der Waals surface area contributed by atoms with Gasteiger partial charge in [-0.2, -0.15) is 0 Å². The fraction of sp³-hybridized carbons (Fsp3) is 0.385. The third-order valence-corrected chi connectivity index (χ3v) is 13.7. The first-order valence-electron chi connectivity index (χ1n) is 21.8. The van der Waals surface area contributed by atoms with Gasteiger partial charge in [-0.1, -0.05) is 113 Å². The van der Waals surface area contributed by atoms with Crippen LogP contribution in [-0.4, -0.2) is 70.2 Å². The number of carbonyl (C=O) groups is 4. The molecule has 0 spiro atoms. The van der Waals surface area contributed by atoms with Crippen molar-refractivity contribution in [3.8, 4) is 11.5 Å². The van der Waals surface area contributed by atoms with E-state index >= 15 is 0 Å². The van der Waals surface area contributed by atoms with E-state index in [0.29, 0.717) is 58.0 Å². The second kappa shape index (κ2) is 17.9. The van der Waals surface area contributed by atoms with Crippen LogP contribution in [0.5, 0.6) is 11.5 Å². The summed E-state index contributed by atoms with van der Waals surface area (Å²) in [6.45, 7) is 8.14. The predicted molar refractivity (Wildman–Crippen MR) is 244 cm³/mol. The van der Waals surface area contributed by atoms with Crippen LogP contribution in [0.3, 0.4) is 0 Å². The Balaban J connectivity index is 0.000000191. The summed E-state index contributed by atoms with van der Waals surface area (Å²) in [5, 5.41) is 51.7. The zero-order chi connectivity index (χ0) is 46.2. The molecule has 4 aliphatic rings. The number of benzene rings is 4. The van der Waals surface area contributed by atoms with Crippen molar-refractivity contribution in [3.63, 3.8) is 0 Å². The quantitative estimate of drug-likeness (QED) is 0.101. The van der Waals surface area contributed by atoms with Crippen molar-refractivity contribution in [2.24, 2.45) is 22.7 Å². The molecule has 2 aliphatic carbocycles. The average molecular weight is 871 g/mol. The van der Waals surface area contributed by atoms with Crippen LogP contribution in [-0.2, 0) is 39.9 Å². The Hall–Kier alpha value is -5.92. The highest BCUT2D eigenvalue weighted by Crippen LogP contribution is 2.50. The van der Waals surface area contributed by atoms with E-state index in [1.54, 1.807) is 72.8 Å². The van der Waals surface area contributed by atoms with Gasteiger partial charge in [0, 0.05) is 50.0 Å². The summed E-state index contributed by atoms with van der Waals surface area (Å²) >= 11 is 0. The SMILES string of the molecule is CO[C@@H]1C(=O)Nc2ccc(/C=C/[C@@]3(C)CCC(=O)[C@H](C)C3)c(O)c2[C@@]1(O)c1ccccc1.CO[C@@H]1C(=O)Nc2ccc(/C=C/[C@]3(C)CCC(=O)[C@@H](C)C3)c(O)c2[C@@]1(O)c1ccccc1. The molecular weight excluding hydrogens is 813 g/mol. The molecule has 8 rings (SSSR count). The van der Waals surface area contributed by atoms with Crippen LogP contribution >= 0.6 is 0 Å². The Morgan fingerprint density at radius 2 is 0.938 bits per heavy atom. The van der Waals surface area contributed by atoms with Crippen molar-refractivity contribution in [3.05, 3.63) is 130 Å². The standard InChI is InChI=1S/2C26H29NO5/c2*1-16-15-25(2,14-12-20(16)28)13-11-17-9-10-19-21(22(17)29)26(31,18-7-5-4-6-8-18)23(32-3)24(30)27-19/h2*4-11,13,16,23,29,31H,12,14-15H2,1-3H3,(H,27,30)/b2*13-11+/t16-,23+,25+,26-;16-,23-,25+,26+/m01/s1. The summed E-state index contributed by atoms with van der Waals surface area (Å²) in [6.07, 6.45) is 9.40. The third-order valence-electron chi connectivity index (χ3n) is 13.7. The van der Waals surface area contributed by atoms with Crippen LogP contribution in [0.1, 0.15) is 99.6 Å². The molecule has 0 bridgehead atoms. The molecule has 64 heavy (non-hydrogen) atoms. The first-order valence-corrected chi connectivity index (χ1v) is 21.8. The molecule has 2 fully saturated rings. The van der Waals surface area contributed by atoms with Gasteiger partial charge >= 0.3 is 0 Å². The Morgan fingerprint density at radius 1 is 0.578 bits per heavy atom. The van der Waals surface area contributed by atoms with Crippen LogP contribution in [0, 0.1) is 22.7 Å². The highest BCUT2D eigenvalue weighted by atomic mass is 16.5. The van der Waals surface area contributed by atoms with E-state index in [1.807, 2.05) is 50.3 Å². The van der Waals surface area contributed by atoms with Gasteiger partial charge in [0.2, 0.25) is 0 Å². The van der Waals surface area contributed by atoms with E-state index in [4.69, 9.17) is 9.47 Å². The second-order valence-electron chi connectivity index (χ2n) is 18.4. The number of fused-ring (bicyclic) bond motifs is 2. The molecule has 2 aliphatic heterocycles. The molecule has 0 radical (unpaired) electrons. The number of ketones is 2. The molecule has 4 aromatic rings. The lowest BCUT2D eigenvalue weighted by molar-refractivity contribution is -0.143. The molecule has 6 N–H and O–H groups in total. The number of anilines is 2. The fourth-order valence-corrected chi connectivity index (χ4v) is 10.1. The number of hydrogen-bond donors (Lipinski definition) is 6. The lowest BCUT2D eigenvalue weighted by atomic mass is 9.70. The number of rotatable bonds is 8. The Morgan fingerprint density at radius 3 is 1.27 bits per heavy atom. The van der Waals surface area contributed by atoms with Crippen molar-refractivity contribution >= 4 is 46.9 Å². The second-order valence-corrected chi connectivity index (χ2v) is 18.4. The van der Waals surface area contributed by atoms with Crippen LogP contribution in [0.4, 0.5) is 11.4 Å². The number of hydrogen-bond acceptors (Lipinski definition) is 10. The lowest BCUT2D eigenvalue weighted by Gasteiger charge is -2.40. The summed E-state index contributed by atoms with van der Waals surface area (Å²) in [5.41, 5.74) is -1.01. The summed E-state index contributed by atoms with van der Waals surface area (Å²) < 4.78 is 10.8. The minimum absolute atomic E-state index is 0.0105. The van der Waals surface area contributed by atoms with Crippen LogP contribution in [0.15, 0.2) is 97.1 Å². The van der Waals surface area contributed by atoms with Crippen molar-refractivity contribution < 1.29 is 49.1 Å². The largest absolute Gasteiger partial charge is 0.507 e. The molecule has 0 saturated heterocycles. The molecular formula is C52H58N2O10. The molecule has 0 unspecified atom stereocenters. The number of methoxy groups -OCH3 is 2. The molecule has 8 atom stereocenters. The summed E-state index contributed by atoms with van der Waals surface area (Å²) in [6, 6.07) is 24.3. The van der Waals surface area contributed by atoms with Gasteiger partial charge in [-0.15, -0.1) is 0 Å². The maximum atomic E-state index is 12.7. The van der Waals surface area contributed by atoms with Crippen molar-refractivity contribution in [2.75, 3.05) is 24.9 Å². The Bertz CT molecular complexity index is 2330. The van der Waals surface area contributed by atoms with Crippen LogP contribution < -0.4 is 10.6 Å². The van der Waals surface area contributed by atoms with E-state index in [-0.39, 0.29) is 45.3 Å². The molecule has 0 aromatic heterocycles. The van der Waals surface area contributed by atoms with Crippen molar-refractivity contribution in [1.82, 2.24) is 0 Å².